The zero-order chi connectivity index (χ0) is 11.8. The van der Waals surface area contributed by atoms with Crippen LogP contribution in [-0.2, 0) is 6.42 Å². The molecule has 2 aromatic heterocycles. The standard InChI is InChI=1S/C12H18N2OS/c1-12(2,3)9(8-15)6-10-7-14-4-5-16-11(14)13-10/h4-5,7,9,15H,6,8H2,1-3H3. The summed E-state index contributed by atoms with van der Waals surface area (Å²) in [5.41, 5.74) is 1.19. The minimum absolute atomic E-state index is 0.117. The van der Waals surface area contributed by atoms with Crippen molar-refractivity contribution in [2.24, 2.45) is 11.3 Å². The average Bonchev–Trinajstić information content (AvgIpc) is 2.71. The van der Waals surface area contributed by atoms with E-state index >= 15 is 0 Å². The Labute approximate surface area is 99.8 Å². The van der Waals surface area contributed by atoms with Crippen molar-refractivity contribution >= 4 is 16.3 Å². The Morgan fingerprint density at radius 1 is 1.50 bits per heavy atom. The fraction of sp³-hybridized carbons (Fsp3) is 0.583. The number of nitrogens with zero attached hydrogens (tertiary/aromatic N) is 2. The quantitative estimate of drug-likeness (QED) is 0.892. The van der Waals surface area contributed by atoms with E-state index in [4.69, 9.17) is 0 Å². The molecule has 0 aliphatic carbocycles. The Balaban J connectivity index is 2.17. The molecule has 4 heteroatoms. The van der Waals surface area contributed by atoms with Crippen LogP contribution >= 0.6 is 11.3 Å². The first-order valence-electron chi connectivity index (χ1n) is 5.52. The monoisotopic (exact) mass is 238 g/mol. The van der Waals surface area contributed by atoms with Crippen molar-refractivity contribution < 1.29 is 5.11 Å². The van der Waals surface area contributed by atoms with Crippen LogP contribution in [0.25, 0.3) is 4.96 Å². The van der Waals surface area contributed by atoms with Crippen LogP contribution in [0.3, 0.4) is 0 Å². The molecule has 2 heterocycles. The van der Waals surface area contributed by atoms with Crippen LogP contribution in [0.15, 0.2) is 17.8 Å². The predicted octanol–water partition coefficient (Wildman–Crippen LogP) is 2.59. The third-order valence-corrected chi connectivity index (χ3v) is 3.81. The highest BCUT2D eigenvalue weighted by atomic mass is 32.1. The smallest absolute Gasteiger partial charge is 0.193 e. The zero-order valence-electron chi connectivity index (χ0n) is 9.97. The number of aromatic nitrogens is 2. The summed E-state index contributed by atoms with van der Waals surface area (Å²) in [6, 6.07) is 0. The number of imidazole rings is 1. The minimum Gasteiger partial charge on any atom is -0.396 e. The fourth-order valence-corrected chi connectivity index (χ4v) is 2.49. The summed E-state index contributed by atoms with van der Waals surface area (Å²) in [5.74, 6) is 0.261. The van der Waals surface area contributed by atoms with Gasteiger partial charge in [0.1, 0.15) is 0 Å². The van der Waals surface area contributed by atoms with Gasteiger partial charge in [-0.2, -0.15) is 0 Å². The van der Waals surface area contributed by atoms with Crippen molar-refractivity contribution in [3.05, 3.63) is 23.5 Å². The van der Waals surface area contributed by atoms with E-state index in [2.05, 4.69) is 32.0 Å². The molecule has 2 rings (SSSR count). The lowest BCUT2D eigenvalue weighted by Gasteiger charge is -2.28. The number of hydrogen-bond acceptors (Lipinski definition) is 3. The van der Waals surface area contributed by atoms with Crippen molar-refractivity contribution in [2.45, 2.75) is 27.2 Å². The summed E-state index contributed by atoms with van der Waals surface area (Å²) in [6.07, 6.45) is 4.91. The number of aliphatic hydroxyl groups excluding tert-OH is 1. The maximum Gasteiger partial charge on any atom is 0.193 e. The number of fused-ring (bicyclic) bond motifs is 1. The van der Waals surface area contributed by atoms with Gasteiger partial charge in [-0.05, 0) is 17.8 Å². The second-order valence-electron chi connectivity index (χ2n) is 5.27. The molecule has 0 amide bonds. The highest BCUT2D eigenvalue weighted by molar-refractivity contribution is 7.15. The van der Waals surface area contributed by atoms with E-state index in [9.17, 15) is 5.11 Å². The zero-order valence-corrected chi connectivity index (χ0v) is 10.8. The normalized spacial score (nSPS) is 14.5. The Hall–Kier alpha value is -0.870. The third kappa shape index (κ3) is 2.28. The molecule has 2 aromatic rings. The topological polar surface area (TPSA) is 37.5 Å². The molecule has 0 bridgehead atoms. The lowest BCUT2D eigenvalue weighted by molar-refractivity contribution is 0.130. The summed E-state index contributed by atoms with van der Waals surface area (Å²) >= 11 is 1.64. The van der Waals surface area contributed by atoms with Crippen LogP contribution in [0.2, 0.25) is 0 Å². The Morgan fingerprint density at radius 3 is 2.81 bits per heavy atom. The summed E-state index contributed by atoms with van der Waals surface area (Å²) < 4.78 is 2.04. The van der Waals surface area contributed by atoms with Crippen molar-refractivity contribution in [3.63, 3.8) is 0 Å². The molecule has 88 valence electrons. The van der Waals surface area contributed by atoms with Crippen LogP contribution in [-0.4, -0.2) is 21.1 Å². The van der Waals surface area contributed by atoms with Crippen molar-refractivity contribution in [1.82, 2.24) is 9.38 Å². The maximum absolute atomic E-state index is 9.42. The summed E-state index contributed by atoms with van der Waals surface area (Å²) in [4.78, 5) is 5.57. The van der Waals surface area contributed by atoms with E-state index < -0.39 is 0 Å². The first-order valence-corrected chi connectivity index (χ1v) is 6.40. The summed E-state index contributed by atoms with van der Waals surface area (Å²) in [7, 11) is 0. The lowest BCUT2D eigenvalue weighted by Crippen LogP contribution is -2.26. The Morgan fingerprint density at radius 2 is 2.25 bits per heavy atom. The van der Waals surface area contributed by atoms with E-state index in [1.54, 1.807) is 11.3 Å². The largest absolute Gasteiger partial charge is 0.396 e. The van der Waals surface area contributed by atoms with Gasteiger partial charge >= 0.3 is 0 Å². The second kappa shape index (κ2) is 4.18. The van der Waals surface area contributed by atoms with Gasteiger partial charge in [0.15, 0.2) is 4.96 Å². The third-order valence-electron chi connectivity index (χ3n) is 3.04. The molecule has 1 unspecified atom stereocenters. The van der Waals surface area contributed by atoms with Crippen LogP contribution in [0.5, 0.6) is 0 Å². The highest BCUT2D eigenvalue weighted by Gasteiger charge is 2.24. The van der Waals surface area contributed by atoms with Gasteiger partial charge < -0.3 is 5.11 Å². The number of aliphatic hydroxyl groups is 1. The average molecular weight is 238 g/mol. The molecule has 0 saturated carbocycles. The van der Waals surface area contributed by atoms with Gasteiger partial charge in [-0.25, -0.2) is 4.98 Å². The van der Waals surface area contributed by atoms with Crippen molar-refractivity contribution in [2.75, 3.05) is 6.61 Å². The SMILES string of the molecule is CC(C)(C)C(CO)Cc1cn2ccsc2n1. The van der Waals surface area contributed by atoms with Crippen LogP contribution in [0, 0.1) is 11.3 Å². The molecule has 3 nitrogen and oxygen atoms in total. The second-order valence-corrected chi connectivity index (χ2v) is 6.15. The van der Waals surface area contributed by atoms with Gasteiger partial charge in [0.25, 0.3) is 0 Å². The molecule has 0 aromatic carbocycles. The minimum atomic E-state index is 0.117. The van der Waals surface area contributed by atoms with Crippen LogP contribution < -0.4 is 0 Å². The molecule has 0 spiro atoms. The van der Waals surface area contributed by atoms with E-state index in [1.807, 2.05) is 16.0 Å². The summed E-state index contributed by atoms with van der Waals surface area (Å²) in [5, 5.41) is 11.4. The Kier molecular flexibility index (Phi) is 3.04. The highest BCUT2D eigenvalue weighted by Crippen LogP contribution is 2.28. The molecular weight excluding hydrogens is 220 g/mol. The molecule has 0 radical (unpaired) electrons. The molecular formula is C12H18N2OS. The van der Waals surface area contributed by atoms with Gasteiger partial charge in [0.05, 0.1) is 5.69 Å². The van der Waals surface area contributed by atoms with E-state index in [0.29, 0.717) is 0 Å². The van der Waals surface area contributed by atoms with E-state index in [-0.39, 0.29) is 17.9 Å². The molecule has 0 aliphatic heterocycles. The van der Waals surface area contributed by atoms with Crippen molar-refractivity contribution in [3.8, 4) is 0 Å². The molecule has 0 fully saturated rings. The molecule has 1 atom stereocenters. The van der Waals surface area contributed by atoms with Gasteiger partial charge in [0.2, 0.25) is 0 Å². The van der Waals surface area contributed by atoms with E-state index in [1.165, 1.54) is 0 Å². The van der Waals surface area contributed by atoms with Gasteiger partial charge in [0, 0.05) is 24.4 Å². The van der Waals surface area contributed by atoms with Gasteiger partial charge in [-0.15, -0.1) is 11.3 Å². The number of rotatable bonds is 3. The first-order chi connectivity index (χ1) is 7.50. The summed E-state index contributed by atoms with van der Waals surface area (Å²) in [6.45, 7) is 6.69. The fourth-order valence-electron chi connectivity index (χ4n) is 1.77. The van der Waals surface area contributed by atoms with Crippen LogP contribution in [0.1, 0.15) is 26.5 Å². The van der Waals surface area contributed by atoms with Gasteiger partial charge in [-0.1, -0.05) is 20.8 Å². The Bertz CT molecular complexity index is 438. The van der Waals surface area contributed by atoms with E-state index in [0.717, 1.165) is 17.1 Å². The molecule has 0 aliphatic rings. The predicted molar refractivity (Wildman–Crippen MR) is 66.8 cm³/mol. The van der Waals surface area contributed by atoms with Crippen molar-refractivity contribution in [1.29, 1.82) is 0 Å². The number of thiazole rings is 1. The molecule has 0 saturated heterocycles. The molecule has 1 N–H and O–H groups in total. The first kappa shape index (κ1) is 11.6. The van der Waals surface area contributed by atoms with Crippen LogP contribution in [0.4, 0.5) is 0 Å². The van der Waals surface area contributed by atoms with Gasteiger partial charge in [-0.3, -0.25) is 4.40 Å². The number of hydrogen-bond donors (Lipinski definition) is 1. The molecule has 16 heavy (non-hydrogen) atoms. The maximum atomic E-state index is 9.42. The lowest BCUT2D eigenvalue weighted by atomic mass is 9.79.